The van der Waals surface area contributed by atoms with Crippen LogP contribution >= 0.6 is 11.8 Å². The first kappa shape index (κ1) is 5.52. The van der Waals surface area contributed by atoms with Crippen molar-refractivity contribution in [3.8, 4) is 6.07 Å². The minimum absolute atomic E-state index is 0.715. The Balaban J connectivity index is 2.77. The lowest BCUT2D eigenvalue weighted by molar-refractivity contribution is 1.18. The van der Waals surface area contributed by atoms with Crippen LogP contribution in [0, 0.1) is 11.3 Å². The third kappa shape index (κ3) is 0.797. The monoisotopic (exact) mass is 126 g/mol. The van der Waals surface area contributed by atoms with E-state index in [1.165, 1.54) is 0 Å². The highest BCUT2D eigenvalue weighted by Crippen LogP contribution is 2.25. The molecule has 1 aliphatic heterocycles. The molecule has 0 aromatic rings. The fourth-order valence-corrected chi connectivity index (χ4v) is 1.43. The van der Waals surface area contributed by atoms with Crippen molar-refractivity contribution in [3.63, 3.8) is 0 Å². The van der Waals surface area contributed by atoms with Gasteiger partial charge in [0.1, 0.15) is 0 Å². The summed E-state index contributed by atoms with van der Waals surface area (Å²) in [6.07, 6.45) is 0.854. The molecule has 0 aromatic carbocycles. The second-order valence-electron chi connectivity index (χ2n) is 1.55. The van der Waals surface area contributed by atoms with Crippen LogP contribution in [0.15, 0.2) is 10.6 Å². The van der Waals surface area contributed by atoms with Crippen molar-refractivity contribution in [2.75, 3.05) is 5.75 Å². The normalized spacial score (nSPS) is 18.9. The average molecular weight is 126 g/mol. The fraction of sp³-hybridized carbons (Fsp3) is 0.400. The Labute approximate surface area is 52.4 Å². The maximum Gasteiger partial charge on any atom is 0.0974 e. The van der Waals surface area contributed by atoms with Gasteiger partial charge in [-0.1, -0.05) is 0 Å². The van der Waals surface area contributed by atoms with Crippen molar-refractivity contribution in [1.82, 2.24) is 0 Å². The average Bonchev–Trinajstić information content (AvgIpc) is 2.14. The Morgan fingerprint density at radius 3 is 2.75 bits per heavy atom. The Morgan fingerprint density at radius 2 is 2.50 bits per heavy atom. The molecular formula is C5H6N2S. The minimum atomic E-state index is 0.715. The van der Waals surface area contributed by atoms with Crippen molar-refractivity contribution in [1.29, 1.82) is 5.26 Å². The lowest BCUT2D eigenvalue weighted by Crippen LogP contribution is -1.89. The Morgan fingerprint density at radius 1 is 1.75 bits per heavy atom. The molecule has 0 unspecified atom stereocenters. The first-order valence-corrected chi connectivity index (χ1v) is 3.34. The smallest absolute Gasteiger partial charge is 0.0974 e. The number of hydrogen-bond acceptors (Lipinski definition) is 3. The van der Waals surface area contributed by atoms with Crippen LogP contribution in [0.4, 0.5) is 0 Å². The highest BCUT2D eigenvalue weighted by molar-refractivity contribution is 8.03. The standard InChI is InChI=1S/C5H6N2S/c6-3-4-1-2-8-5(4)7/h1-2,7H2. The van der Waals surface area contributed by atoms with Gasteiger partial charge in [0.25, 0.3) is 0 Å². The van der Waals surface area contributed by atoms with Gasteiger partial charge in [-0.3, -0.25) is 0 Å². The van der Waals surface area contributed by atoms with Crippen molar-refractivity contribution >= 4 is 11.8 Å². The Kier molecular flexibility index (Phi) is 1.45. The van der Waals surface area contributed by atoms with Crippen molar-refractivity contribution in [2.24, 2.45) is 5.73 Å². The second-order valence-corrected chi connectivity index (χ2v) is 2.69. The summed E-state index contributed by atoms with van der Waals surface area (Å²) in [6, 6.07) is 2.05. The number of rotatable bonds is 0. The molecule has 0 amide bonds. The second kappa shape index (κ2) is 2.10. The van der Waals surface area contributed by atoms with Gasteiger partial charge in [0.2, 0.25) is 0 Å². The first-order chi connectivity index (χ1) is 3.84. The summed E-state index contributed by atoms with van der Waals surface area (Å²) in [4.78, 5) is 0. The predicted octanol–water partition coefficient (Wildman–Crippen LogP) is 0.817. The van der Waals surface area contributed by atoms with E-state index in [2.05, 4.69) is 0 Å². The van der Waals surface area contributed by atoms with E-state index < -0.39 is 0 Å². The van der Waals surface area contributed by atoms with Gasteiger partial charge in [-0.25, -0.2) is 0 Å². The van der Waals surface area contributed by atoms with Crippen LogP contribution in [0.2, 0.25) is 0 Å². The van der Waals surface area contributed by atoms with Gasteiger partial charge < -0.3 is 5.73 Å². The molecule has 1 heterocycles. The number of allylic oxidation sites excluding steroid dienone is 1. The van der Waals surface area contributed by atoms with E-state index in [1.807, 2.05) is 6.07 Å². The molecule has 0 saturated heterocycles. The summed E-state index contributed by atoms with van der Waals surface area (Å²) in [5.41, 5.74) is 6.17. The SMILES string of the molecule is N#CC1=C(N)SCC1. The molecule has 0 bridgehead atoms. The van der Waals surface area contributed by atoms with Crippen molar-refractivity contribution in [3.05, 3.63) is 10.6 Å². The van der Waals surface area contributed by atoms with Crippen LogP contribution < -0.4 is 5.73 Å². The first-order valence-electron chi connectivity index (χ1n) is 2.36. The zero-order chi connectivity index (χ0) is 5.98. The lowest BCUT2D eigenvalue weighted by Gasteiger charge is -1.84. The largest absolute Gasteiger partial charge is 0.393 e. The van der Waals surface area contributed by atoms with E-state index >= 15 is 0 Å². The number of hydrogen-bond donors (Lipinski definition) is 1. The van der Waals surface area contributed by atoms with E-state index in [-0.39, 0.29) is 0 Å². The third-order valence-corrected chi connectivity index (χ3v) is 2.01. The number of thioether (sulfide) groups is 1. The van der Waals surface area contributed by atoms with Crippen LogP contribution in [0.1, 0.15) is 6.42 Å². The molecule has 2 N–H and O–H groups in total. The fourth-order valence-electron chi connectivity index (χ4n) is 0.584. The molecule has 0 atom stereocenters. The van der Waals surface area contributed by atoms with Gasteiger partial charge in [0.15, 0.2) is 0 Å². The quantitative estimate of drug-likeness (QED) is 0.522. The van der Waals surface area contributed by atoms with Gasteiger partial charge in [0, 0.05) is 5.75 Å². The molecular weight excluding hydrogens is 120 g/mol. The van der Waals surface area contributed by atoms with Gasteiger partial charge in [0.05, 0.1) is 16.7 Å². The molecule has 1 rings (SSSR count). The van der Waals surface area contributed by atoms with E-state index in [0.29, 0.717) is 5.03 Å². The number of nitriles is 1. The Bertz CT molecular complexity index is 166. The number of nitrogens with zero attached hydrogens (tertiary/aromatic N) is 1. The summed E-state index contributed by atoms with van der Waals surface area (Å²) in [5.74, 6) is 0.981. The maximum absolute atomic E-state index is 8.34. The van der Waals surface area contributed by atoms with Crippen LogP contribution in [0.5, 0.6) is 0 Å². The van der Waals surface area contributed by atoms with Crippen LogP contribution in [-0.4, -0.2) is 5.75 Å². The molecule has 3 heteroatoms. The van der Waals surface area contributed by atoms with Crippen LogP contribution in [0.25, 0.3) is 0 Å². The predicted molar refractivity (Wildman–Crippen MR) is 33.9 cm³/mol. The molecule has 8 heavy (non-hydrogen) atoms. The zero-order valence-electron chi connectivity index (χ0n) is 4.35. The molecule has 0 aliphatic carbocycles. The molecule has 1 aliphatic rings. The highest BCUT2D eigenvalue weighted by Gasteiger charge is 2.10. The summed E-state index contributed by atoms with van der Waals surface area (Å²) in [6.45, 7) is 0. The minimum Gasteiger partial charge on any atom is -0.393 e. The Hall–Kier alpha value is -0.620. The van der Waals surface area contributed by atoms with Crippen molar-refractivity contribution in [2.45, 2.75) is 6.42 Å². The van der Waals surface area contributed by atoms with Gasteiger partial charge >= 0.3 is 0 Å². The summed E-state index contributed by atoms with van der Waals surface area (Å²) >= 11 is 1.56. The van der Waals surface area contributed by atoms with E-state index in [1.54, 1.807) is 11.8 Å². The molecule has 42 valence electrons. The van der Waals surface area contributed by atoms with E-state index in [4.69, 9.17) is 11.0 Å². The summed E-state index contributed by atoms with van der Waals surface area (Å²) in [5, 5.41) is 9.05. The van der Waals surface area contributed by atoms with Crippen LogP contribution in [0.3, 0.4) is 0 Å². The molecule has 0 aromatic heterocycles. The third-order valence-electron chi connectivity index (χ3n) is 1.04. The lowest BCUT2D eigenvalue weighted by atomic mass is 10.2. The highest BCUT2D eigenvalue weighted by atomic mass is 32.2. The molecule has 0 saturated carbocycles. The molecule has 0 radical (unpaired) electrons. The molecule has 0 spiro atoms. The number of nitrogens with two attached hydrogens (primary N) is 1. The molecule has 2 nitrogen and oxygen atoms in total. The van der Waals surface area contributed by atoms with Crippen molar-refractivity contribution < 1.29 is 0 Å². The van der Waals surface area contributed by atoms with Crippen LogP contribution in [-0.2, 0) is 0 Å². The van der Waals surface area contributed by atoms with Gasteiger partial charge in [-0.15, -0.1) is 11.8 Å². The summed E-state index contributed by atoms with van der Waals surface area (Å²) < 4.78 is 0. The van der Waals surface area contributed by atoms with E-state index in [0.717, 1.165) is 17.7 Å². The summed E-state index contributed by atoms with van der Waals surface area (Å²) in [7, 11) is 0. The molecule has 0 fully saturated rings. The van der Waals surface area contributed by atoms with Gasteiger partial charge in [-0.2, -0.15) is 5.26 Å². The van der Waals surface area contributed by atoms with Gasteiger partial charge in [-0.05, 0) is 6.42 Å². The zero-order valence-corrected chi connectivity index (χ0v) is 5.16. The topological polar surface area (TPSA) is 49.8 Å². The van der Waals surface area contributed by atoms with E-state index in [9.17, 15) is 0 Å². The maximum atomic E-state index is 8.34.